The number of anilines is 2. The van der Waals surface area contributed by atoms with Crippen LogP contribution in [0.15, 0.2) is 42.6 Å². The normalized spacial score (nSPS) is 21.4. The van der Waals surface area contributed by atoms with E-state index in [0.717, 1.165) is 6.07 Å². The molecule has 3 atom stereocenters. The number of halogens is 3. The molecule has 1 unspecified atom stereocenters. The smallest absolute Gasteiger partial charge is 0.371 e. The van der Waals surface area contributed by atoms with Gasteiger partial charge in [-0.1, -0.05) is 12.1 Å². The summed E-state index contributed by atoms with van der Waals surface area (Å²) in [5, 5.41) is 22.1. The number of aliphatic hydroxyl groups is 1. The third-order valence-electron chi connectivity index (χ3n) is 6.73. The van der Waals surface area contributed by atoms with Crippen LogP contribution in [-0.2, 0) is 6.18 Å². The molecule has 2 N–H and O–H groups in total. The van der Waals surface area contributed by atoms with Crippen molar-refractivity contribution in [2.24, 2.45) is 11.8 Å². The highest BCUT2D eigenvalue weighted by molar-refractivity contribution is 5.88. The van der Waals surface area contributed by atoms with E-state index in [-0.39, 0.29) is 23.6 Å². The van der Waals surface area contributed by atoms with Crippen molar-refractivity contribution >= 4 is 23.1 Å². The summed E-state index contributed by atoms with van der Waals surface area (Å²) < 4.78 is 42.1. The highest BCUT2D eigenvalue weighted by atomic mass is 19.4. The number of carbonyl (C=O) groups is 1. The molecule has 0 spiro atoms. The molecular weight excluding hydrogens is 463 g/mol. The molecule has 2 amide bonds. The van der Waals surface area contributed by atoms with Gasteiger partial charge in [-0.25, -0.2) is 4.79 Å². The van der Waals surface area contributed by atoms with Crippen LogP contribution < -0.4 is 10.2 Å². The molecular formula is C23H26F3N7O2. The van der Waals surface area contributed by atoms with Gasteiger partial charge in [0.25, 0.3) is 0 Å². The fourth-order valence-corrected chi connectivity index (χ4v) is 4.97. The quantitative estimate of drug-likeness (QED) is 0.586. The predicted molar refractivity (Wildman–Crippen MR) is 123 cm³/mol. The van der Waals surface area contributed by atoms with Crippen molar-refractivity contribution in [1.29, 1.82) is 0 Å². The number of hydrogen-bond acceptors (Lipinski definition) is 6. The number of likely N-dealkylation sites (tertiary alicyclic amines) is 1. The fourth-order valence-electron chi connectivity index (χ4n) is 4.97. The highest BCUT2D eigenvalue weighted by Crippen LogP contribution is 2.41. The average molecular weight is 490 g/mol. The van der Waals surface area contributed by atoms with Crippen molar-refractivity contribution in [1.82, 2.24) is 24.4 Å². The van der Waals surface area contributed by atoms with Gasteiger partial charge in [-0.2, -0.15) is 13.2 Å². The maximum Gasteiger partial charge on any atom is 0.418 e. The number of nitrogens with one attached hydrogen (secondary N) is 1. The van der Waals surface area contributed by atoms with Crippen LogP contribution in [0.3, 0.4) is 0 Å². The lowest BCUT2D eigenvalue weighted by Gasteiger charge is -2.27. The third-order valence-corrected chi connectivity index (χ3v) is 6.73. The standard InChI is InChI=1S/C23H26F3N7O2/c1-30(2)22(35)27-16-7-8-19-28-29-20(33(19)13-16)21(34)32-11-14-9-31(10-15(14)12-32)18-6-4-3-5-17(18)23(24,25)26/h3-8,13-15,21,34H,9-12H2,1-2H3,(H,27,35)/t14-,15+,21?. The van der Waals surface area contributed by atoms with Gasteiger partial charge in [-0.05, 0) is 36.1 Å². The summed E-state index contributed by atoms with van der Waals surface area (Å²) in [4.78, 5) is 17.1. The van der Waals surface area contributed by atoms with Gasteiger partial charge < -0.3 is 20.2 Å². The van der Waals surface area contributed by atoms with Crippen LogP contribution >= 0.6 is 0 Å². The Kier molecular flexibility index (Phi) is 5.80. The van der Waals surface area contributed by atoms with Gasteiger partial charge >= 0.3 is 12.2 Å². The summed E-state index contributed by atoms with van der Waals surface area (Å²) in [7, 11) is 3.27. The summed E-state index contributed by atoms with van der Waals surface area (Å²) in [5.74, 6) is 0.570. The lowest BCUT2D eigenvalue weighted by molar-refractivity contribution is -0.137. The fraction of sp³-hybridized carbons (Fsp3) is 0.435. The first-order valence-corrected chi connectivity index (χ1v) is 11.3. The maximum atomic E-state index is 13.5. The van der Waals surface area contributed by atoms with E-state index >= 15 is 0 Å². The first-order valence-electron chi connectivity index (χ1n) is 11.3. The Bertz CT molecular complexity index is 1230. The first kappa shape index (κ1) is 23.4. The minimum atomic E-state index is -4.41. The number of aromatic nitrogens is 3. The molecule has 186 valence electrons. The molecule has 2 aromatic heterocycles. The number of amides is 2. The maximum absolute atomic E-state index is 13.5. The Morgan fingerprint density at radius 3 is 2.43 bits per heavy atom. The zero-order valence-electron chi connectivity index (χ0n) is 19.3. The van der Waals surface area contributed by atoms with Crippen LogP contribution in [0.2, 0.25) is 0 Å². The van der Waals surface area contributed by atoms with Gasteiger partial charge in [-0.3, -0.25) is 9.30 Å². The molecule has 2 fully saturated rings. The van der Waals surface area contributed by atoms with Gasteiger partial charge in [0.1, 0.15) is 0 Å². The average Bonchev–Trinajstić information content (AvgIpc) is 3.51. The Balaban J connectivity index is 1.30. The monoisotopic (exact) mass is 489 g/mol. The number of pyridine rings is 1. The van der Waals surface area contributed by atoms with E-state index in [4.69, 9.17) is 0 Å². The molecule has 2 aliphatic heterocycles. The van der Waals surface area contributed by atoms with E-state index in [2.05, 4.69) is 15.5 Å². The predicted octanol–water partition coefficient (Wildman–Crippen LogP) is 2.90. The van der Waals surface area contributed by atoms with Gasteiger partial charge in [0.15, 0.2) is 17.7 Å². The van der Waals surface area contributed by atoms with Gasteiger partial charge in [0.2, 0.25) is 0 Å². The van der Waals surface area contributed by atoms with E-state index in [1.54, 1.807) is 47.8 Å². The summed E-state index contributed by atoms with van der Waals surface area (Å²) in [6.07, 6.45) is -3.79. The molecule has 1 aromatic carbocycles. The Labute approximate surface area is 199 Å². The second kappa shape index (κ2) is 8.68. The van der Waals surface area contributed by atoms with Crippen LogP contribution in [0.4, 0.5) is 29.3 Å². The Morgan fingerprint density at radius 1 is 1.09 bits per heavy atom. The minimum absolute atomic E-state index is 0.125. The molecule has 2 aliphatic rings. The molecule has 5 rings (SSSR count). The molecule has 4 heterocycles. The molecule has 0 radical (unpaired) electrons. The van der Waals surface area contributed by atoms with E-state index < -0.39 is 18.0 Å². The van der Waals surface area contributed by atoms with Gasteiger partial charge in [0.05, 0.1) is 11.3 Å². The van der Waals surface area contributed by atoms with Crippen molar-refractivity contribution in [2.45, 2.75) is 12.4 Å². The summed E-state index contributed by atoms with van der Waals surface area (Å²) in [6.45, 7) is 2.04. The topological polar surface area (TPSA) is 89.2 Å². The van der Waals surface area contributed by atoms with E-state index in [0.29, 0.717) is 43.3 Å². The Morgan fingerprint density at radius 2 is 1.77 bits per heavy atom. The van der Waals surface area contributed by atoms with E-state index in [1.165, 1.54) is 17.0 Å². The van der Waals surface area contributed by atoms with E-state index in [9.17, 15) is 23.1 Å². The molecule has 0 aliphatic carbocycles. The largest absolute Gasteiger partial charge is 0.418 e. The van der Waals surface area contributed by atoms with Crippen molar-refractivity contribution in [2.75, 3.05) is 50.5 Å². The SMILES string of the molecule is CN(C)C(=O)Nc1ccc2nnc(C(O)N3C[C@H]4CN(c5ccccc5C(F)(F)F)C[C@H]4C3)n2c1. The zero-order valence-corrected chi connectivity index (χ0v) is 19.3. The van der Waals surface area contributed by atoms with Gasteiger partial charge in [0, 0.05) is 52.2 Å². The van der Waals surface area contributed by atoms with Crippen molar-refractivity contribution < 1.29 is 23.1 Å². The lowest BCUT2D eigenvalue weighted by Crippen LogP contribution is -2.33. The Hall–Kier alpha value is -3.38. The number of alkyl halides is 3. The van der Waals surface area contributed by atoms with E-state index in [1.807, 2.05) is 4.90 Å². The number of rotatable bonds is 4. The summed E-state index contributed by atoms with van der Waals surface area (Å²) in [6, 6.07) is 8.78. The number of carbonyl (C=O) groups excluding carboxylic acids is 1. The number of benzene rings is 1. The minimum Gasteiger partial charge on any atom is -0.371 e. The second-order valence-electron chi connectivity index (χ2n) is 9.30. The number of nitrogens with zero attached hydrogens (tertiary/aromatic N) is 6. The van der Waals surface area contributed by atoms with Crippen molar-refractivity contribution in [3.63, 3.8) is 0 Å². The summed E-state index contributed by atoms with van der Waals surface area (Å²) in [5.41, 5.74) is 0.638. The van der Waals surface area contributed by atoms with Crippen LogP contribution in [0.1, 0.15) is 17.6 Å². The number of para-hydroxylation sites is 1. The summed E-state index contributed by atoms with van der Waals surface area (Å²) >= 11 is 0. The molecule has 35 heavy (non-hydrogen) atoms. The lowest BCUT2D eigenvalue weighted by atomic mass is 10.0. The van der Waals surface area contributed by atoms with Crippen LogP contribution in [-0.4, -0.2) is 75.8 Å². The number of urea groups is 1. The molecule has 3 aromatic rings. The molecule has 0 saturated carbocycles. The van der Waals surface area contributed by atoms with Crippen LogP contribution in [0, 0.1) is 11.8 Å². The number of aliphatic hydroxyl groups excluding tert-OH is 1. The van der Waals surface area contributed by atoms with Crippen molar-refractivity contribution in [3.8, 4) is 0 Å². The number of fused-ring (bicyclic) bond motifs is 2. The van der Waals surface area contributed by atoms with Crippen molar-refractivity contribution in [3.05, 3.63) is 54.0 Å². The van der Waals surface area contributed by atoms with Gasteiger partial charge in [-0.15, -0.1) is 10.2 Å². The zero-order chi connectivity index (χ0) is 24.9. The second-order valence-corrected chi connectivity index (χ2v) is 9.30. The molecule has 9 nitrogen and oxygen atoms in total. The molecule has 2 saturated heterocycles. The highest BCUT2D eigenvalue weighted by Gasteiger charge is 2.44. The molecule has 0 bridgehead atoms. The molecule has 12 heteroatoms. The first-order chi connectivity index (χ1) is 16.6. The number of hydrogen-bond donors (Lipinski definition) is 2. The van der Waals surface area contributed by atoms with Crippen LogP contribution in [0.25, 0.3) is 5.65 Å². The third kappa shape index (κ3) is 4.39. The van der Waals surface area contributed by atoms with Crippen LogP contribution in [0.5, 0.6) is 0 Å².